The van der Waals surface area contributed by atoms with E-state index in [1.807, 2.05) is 0 Å². The Bertz CT molecular complexity index is 698. The highest BCUT2D eigenvalue weighted by Gasteiger charge is 2.47. The van der Waals surface area contributed by atoms with E-state index in [0.717, 1.165) is 18.4 Å². The van der Waals surface area contributed by atoms with Gasteiger partial charge < -0.3 is 4.74 Å². The lowest BCUT2D eigenvalue weighted by molar-refractivity contribution is 0.402. The zero-order chi connectivity index (χ0) is 15.1. The molecule has 2 rings (SSSR count). The molecule has 1 aromatic carbocycles. The van der Waals surface area contributed by atoms with E-state index in [-0.39, 0.29) is 10.3 Å². The Morgan fingerprint density at radius 1 is 1.45 bits per heavy atom. The topological polar surface area (TPSA) is 93.2 Å². The van der Waals surface area contributed by atoms with Crippen LogP contribution < -0.4 is 9.88 Å². The molecular weight excluding hydrogens is 276 g/mol. The lowest BCUT2D eigenvalue weighted by atomic mass is 9.87. The van der Waals surface area contributed by atoms with E-state index in [2.05, 4.69) is 6.07 Å². The number of rotatable bonds is 4. The third kappa shape index (κ3) is 2.28. The highest BCUT2D eigenvalue weighted by atomic mass is 32.2. The Morgan fingerprint density at radius 3 is 2.45 bits per heavy atom. The van der Waals surface area contributed by atoms with Crippen LogP contribution in [0.1, 0.15) is 36.0 Å². The molecule has 0 amide bonds. The van der Waals surface area contributed by atoms with Crippen LogP contribution >= 0.6 is 0 Å². The highest BCUT2D eigenvalue weighted by molar-refractivity contribution is 7.89. The van der Waals surface area contributed by atoms with Crippen LogP contribution in [0.5, 0.6) is 5.75 Å². The van der Waals surface area contributed by atoms with Gasteiger partial charge in [-0.15, -0.1) is 0 Å². The minimum atomic E-state index is -3.80. The minimum absolute atomic E-state index is 0.150. The van der Waals surface area contributed by atoms with E-state index in [0.29, 0.717) is 23.3 Å². The van der Waals surface area contributed by atoms with Crippen LogP contribution in [0, 0.1) is 25.2 Å². The summed E-state index contributed by atoms with van der Waals surface area (Å²) in [6.07, 6.45) is 2.09. The molecule has 0 aromatic heterocycles. The van der Waals surface area contributed by atoms with Gasteiger partial charge in [0.05, 0.1) is 18.1 Å². The van der Waals surface area contributed by atoms with Gasteiger partial charge in [-0.05, 0) is 43.9 Å². The summed E-state index contributed by atoms with van der Waals surface area (Å²) < 4.78 is 29.0. The molecule has 0 spiro atoms. The van der Waals surface area contributed by atoms with Crippen molar-refractivity contribution in [3.05, 3.63) is 22.8 Å². The molecule has 20 heavy (non-hydrogen) atoms. The maximum Gasteiger partial charge on any atom is 0.238 e. The molecule has 0 radical (unpaired) electrons. The second kappa shape index (κ2) is 4.76. The number of primary sulfonamides is 1. The summed E-state index contributed by atoms with van der Waals surface area (Å²) in [6.45, 7) is 3.44. The lowest BCUT2D eigenvalue weighted by Gasteiger charge is -2.22. The van der Waals surface area contributed by atoms with Crippen LogP contribution in [0.4, 0.5) is 0 Å². The van der Waals surface area contributed by atoms with Crippen LogP contribution in [0.3, 0.4) is 0 Å². The predicted molar refractivity (Wildman–Crippen MR) is 75.0 cm³/mol. The van der Waals surface area contributed by atoms with Crippen molar-refractivity contribution < 1.29 is 13.2 Å². The van der Waals surface area contributed by atoms with Crippen LogP contribution in [-0.2, 0) is 15.4 Å². The monoisotopic (exact) mass is 294 g/mol. The van der Waals surface area contributed by atoms with E-state index in [1.165, 1.54) is 0 Å². The first kappa shape index (κ1) is 14.8. The van der Waals surface area contributed by atoms with Crippen LogP contribution in [-0.4, -0.2) is 15.5 Å². The van der Waals surface area contributed by atoms with Gasteiger partial charge in [-0.25, -0.2) is 13.6 Å². The SMILES string of the molecule is COc1cc(C)c(S(N)(=O)=O)c(C)c1C1(CC#N)CC1. The fourth-order valence-corrected chi connectivity index (χ4v) is 4.04. The average Bonchev–Trinajstić information content (AvgIpc) is 3.07. The minimum Gasteiger partial charge on any atom is -0.496 e. The van der Waals surface area contributed by atoms with E-state index in [9.17, 15) is 8.42 Å². The number of methoxy groups -OCH3 is 1. The second-order valence-electron chi connectivity index (χ2n) is 5.39. The zero-order valence-corrected chi connectivity index (χ0v) is 12.7. The molecule has 1 saturated carbocycles. The average molecular weight is 294 g/mol. The van der Waals surface area contributed by atoms with Crippen LogP contribution in [0.25, 0.3) is 0 Å². The number of hydrogen-bond acceptors (Lipinski definition) is 4. The molecule has 1 fully saturated rings. The number of nitriles is 1. The molecular formula is C14H18N2O3S. The molecule has 0 unspecified atom stereocenters. The normalized spacial score (nSPS) is 16.6. The largest absolute Gasteiger partial charge is 0.496 e. The van der Waals surface area contributed by atoms with Crippen molar-refractivity contribution in [2.75, 3.05) is 7.11 Å². The molecule has 5 nitrogen and oxygen atoms in total. The van der Waals surface area contributed by atoms with Gasteiger partial charge in [-0.2, -0.15) is 5.26 Å². The number of sulfonamides is 1. The van der Waals surface area contributed by atoms with Crippen molar-refractivity contribution in [2.24, 2.45) is 5.14 Å². The number of ether oxygens (including phenoxy) is 1. The van der Waals surface area contributed by atoms with Crippen molar-refractivity contribution in [3.8, 4) is 11.8 Å². The molecule has 108 valence electrons. The number of benzene rings is 1. The molecule has 2 N–H and O–H groups in total. The Hall–Kier alpha value is -1.58. The van der Waals surface area contributed by atoms with Crippen molar-refractivity contribution in [1.29, 1.82) is 5.26 Å². The first-order chi connectivity index (χ1) is 9.27. The lowest BCUT2D eigenvalue weighted by Crippen LogP contribution is -2.19. The summed E-state index contributed by atoms with van der Waals surface area (Å²) >= 11 is 0. The second-order valence-corrected chi connectivity index (χ2v) is 6.88. The Morgan fingerprint density at radius 2 is 2.05 bits per heavy atom. The fourth-order valence-electron chi connectivity index (χ4n) is 3.00. The summed E-state index contributed by atoms with van der Waals surface area (Å²) in [5.41, 5.74) is 1.71. The van der Waals surface area contributed by atoms with Gasteiger partial charge in [0.15, 0.2) is 0 Å². The molecule has 1 aromatic rings. The fraction of sp³-hybridized carbons (Fsp3) is 0.500. The molecule has 0 atom stereocenters. The molecule has 0 heterocycles. The molecule has 0 saturated heterocycles. The third-order valence-electron chi connectivity index (χ3n) is 3.97. The van der Waals surface area contributed by atoms with Gasteiger partial charge >= 0.3 is 0 Å². The standard InChI is InChI=1S/C14H18N2O3S/c1-9-8-11(19-3)12(14(4-5-14)6-7-15)10(2)13(9)20(16,17)18/h8H,4-6H2,1-3H3,(H2,16,17,18). The first-order valence-corrected chi connectivity index (χ1v) is 7.90. The molecule has 0 aliphatic heterocycles. The molecule has 1 aliphatic carbocycles. The van der Waals surface area contributed by atoms with Crippen LogP contribution in [0.15, 0.2) is 11.0 Å². The summed E-state index contributed by atoms with van der Waals surface area (Å²) in [4.78, 5) is 0.150. The smallest absolute Gasteiger partial charge is 0.238 e. The number of aryl methyl sites for hydroxylation is 1. The van der Waals surface area contributed by atoms with Gasteiger partial charge in [0.1, 0.15) is 5.75 Å². The maximum absolute atomic E-state index is 11.8. The number of nitrogens with two attached hydrogens (primary N) is 1. The van der Waals surface area contributed by atoms with Crippen LogP contribution in [0.2, 0.25) is 0 Å². The van der Waals surface area contributed by atoms with Crippen molar-refractivity contribution in [1.82, 2.24) is 0 Å². The van der Waals surface area contributed by atoms with Gasteiger partial charge in [0, 0.05) is 17.4 Å². The van der Waals surface area contributed by atoms with Crippen molar-refractivity contribution >= 4 is 10.0 Å². The van der Waals surface area contributed by atoms with Crippen molar-refractivity contribution in [2.45, 2.75) is 43.4 Å². The van der Waals surface area contributed by atoms with E-state index >= 15 is 0 Å². The Balaban J connectivity index is 2.77. The van der Waals surface area contributed by atoms with Gasteiger partial charge in [-0.3, -0.25) is 0 Å². The quantitative estimate of drug-likeness (QED) is 0.917. The highest BCUT2D eigenvalue weighted by Crippen LogP contribution is 2.55. The zero-order valence-electron chi connectivity index (χ0n) is 11.9. The third-order valence-corrected chi connectivity index (χ3v) is 5.17. The van der Waals surface area contributed by atoms with Gasteiger partial charge in [0.2, 0.25) is 10.0 Å². The predicted octanol–water partition coefficient (Wildman–Crippen LogP) is 1.90. The summed E-state index contributed by atoms with van der Waals surface area (Å²) in [6, 6.07) is 3.88. The first-order valence-electron chi connectivity index (χ1n) is 6.35. The Labute approximate surface area is 119 Å². The maximum atomic E-state index is 11.8. The van der Waals surface area contributed by atoms with Crippen molar-refractivity contribution in [3.63, 3.8) is 0 Å². The van der Waals surface area contributed by atoms with E-state index in [1.54, 1.807) is 27.0 Å². The molecule has 0 bridgehead atoms. The Kier molecular flexibility index (Phi) is 3.53. The number of hydrogen-bond donors (Lipinski definition) is 1. The summed E-state index contributed by atoms with van der Waals surface area (Å²) in [7, 11) is -2.25. The number of nitrogens with zero attached hydrogens (tertiary/aromatic N) is 1. The summed E-state index contributed by atoms with van der Waals surface area (Å²) in [5.74, 6) is 0.639. The molecule has 6 heteroatoms. The van der Waals surface area contributed by atoms with E-state index < -0.39 is 10.0 Å². The summed E-state index contributed by atoms with van der Waals surface area (Å²) in [5, 5.41) is 14.3. The van der Waals surface area contributed by atoms with Gasteiger partial charge in [0.25, 0.3) is 0 Å². The van der Waals surface area contributed by atoms with E-state index in [4.69, 9.17) is 15.1 Å². The molecule has 1 aliphatic rings. The van der Waals surface area contributed by atoms with Gasteiger partial charge in [-0.1, -0.05) is 0 Å².